The van der Waals surface area contributed by atoms with Crippen LogP contribution in [0.2, 0.25) is 5.02 Å². The van der Waals surface area contributed by atoms with E-state index in [0.717, 1.165) is 19.3 Å². The Balaban J connectivity index is 1.75. The molecule has 0 spiro atoms. The molecule has 21 heavy (non-hydrogen) atoms. The number of halogens is 2. The summed E-state index contributed by atoms with van der Waals surface area (Å²) in [5.74, 6) is -0.0736. The normalized spacial score (nSPS) is 21.4. The van der Waals surface area contributed by atoms with Crippen LogP contribution in [-0.2, 0) is 0 Å². The third-order valence-corrected chi connectivity index (χ3v) is 4.77. The zero-order chi connectivity index (χ0) is 14.8. The fraction of sp³-hybridized carbons (Fsp3) is 0.333. The smallest absolute Gasteiger partial charge is 0.252 e. The van der Waals surface area contributed by atoms with Crippen LogP contribution in [0.3, 0.4) is 0 Å². The Hall–Kier alpha value is -1.33. The van der Waals surface area contributed by atoms with E-state index in [2.05, 4.69) is 30.8 Å². The number of hydrogen-bond donors (Lipinski definition) is 1. The lowest BCUT2D eigenvalue weighted by atomic mass is 10.1. The van der Waals surface area contributed by atoms with Gasteiger partial charge in [0.15, 0.2) is 0 Å². The zero-order valence-corrected chi connectivity index (χ0v) is 13.6. The van der Waals surface area contributed by atoms with Crippen molar-refractivity contribution in [2.75, 3.05) is 0 Å². The molecular weight excluding hydrogens is 354 g/mol. The molecule has 2 unspecified atom stereocenters. The maximum absolute atomic E-state index is 12.4. The van der Waals surface area contributed by atoms with Crippen LogP contribution in [0, 0.1) is 0 Å². The summed E-state index contributed by atoms with van der Waals surface area (Å²) in [5, 5.41) is 3.74. The second-order valence-corrected chi connectivity index (χ2v) is 6.50. The van der Waals surface area contributed by atoms with Gasteiger partial charge in [0.05, 0.1) is 17.9 Å². The lowest BCUT2D eigenvalue weighted by Crippen LogP contribution is -2.38. The Morgan fingerprint density at radius 2 is 2.29 bits per heavy atom. The van der Waals surface area contributed by atoms with Crippen LogP contribution in [0.4, 0.5) is 0 Å². The van der Waals surface area contributed by atoms with Gasteiger partial charge >= 0.3 is 0 Å². The standard InChI is InChI=1S/C15H15BrClN3O/c16-12-8-10(17)4-5-11(12)15(21)19-13-2-1-3-14(13)20-7-6-18-9-20/h4-9,13-14H,1-3H2,(H,19,21). The second-order valence-electron chi connectivity index (χ2n) is 5.21. The van der Waals surface area contributed by atoms with Gasteiger partial charge in [-0.1, -0.05) is 11.6 Å². The highest BCUT2D eigenvalue weighted by atomic mass is 79.9. The van der Waals surface area contributed by atoms with Gasteiger partial charge in [-0.25, -0.2) is 4.98 Å². The molecule has 2 aromatic rings. The highest BCUT2D eigenvalue weighted by Crippen LogP contribution is 2.30. The largest absolute Gasteiger partial charge is 0.347 e. The van der Waals surface area contributed by atoms with Crippen LogP contribution in [0.25, 0.3) is 0 Å². The van der Waals surface area contributed by atoms with Crippen molar-refractivity contribution in [2.45, 2.75) is 31.3 Å². The monoisotopic (exact) mass is 367 g/mol. The van der Waals surface area contributed by atoms with Crippen LogP contribution in [-0.4, -0.2) is 21.5 Å². The Morgan fingerprint density at radius 1 is 1.43 bits per heavy atom. The number of carbonyl (C=O) groups is 1. The molecule has 4 nitrogen and oxygen atoms in total. The highest BCUT2D eigenvalue weighted by Gasteiger charge is 2.30. The first-order chi connectivity index (χ1) is 10.1. The van der Waals surface area contributed by atoms with Gasteiger partial charge in [0.1, 0.15) is 0 Å². The maximum Gasteiger partial charge on any atom is 0.252 e. The van der Waals surface area contributed by atoms with E-state index in [9.17, 15) is 4.79 Å². The second kappa shape index (κ2) is 6.20. The summed E-state index contributed by atoms with van der Waals surface area (Å²) < 4.78 is 2.79. The summed E-state index contributed by atoms with van der Waals surface area (Å²) in [6, 6.07) is 5.61. The van der Waals surface area contributed by atoms with Crippen molar-refractivity contribution in [2.24, 2.45) is 0 Å². The Morgan fingerprint density at radius 3 is 3.00 bits per heavy atom. The fourth-order valence-corrected chi connectivity index (χ4v) is 3.71. The van der Waals surface area contributed by atoms with Crippen molar-refractivity contribution in [1.82, 2.24) is 14.9 Å². The molecule has 110 valence electrons. The molecule has 1 amide bonds. The molecule has 0 aliphatic heterocycles. The van der Waals surface area contributed by atoms with Gasteiger partial charge in [0.25, 0.3) is 5.91 Å². The van der Waals surface area contributed by atoms with E-state index in [4.69, 9.17) is 11.6 Å². The van der Waals surface area contributed by atoms with Crippen molar-refractivity contribution >= 4 is 33.4 Å². The van der Waals surface area contributed by atoms with E-state index in [0.29, 0.717) is 15.1 Å². The Bertz CT molecular complexity index is 644. The predicted octanol–water partition coefficient (Wildman–Crippen LogP) is 3.82. The molecule has 1 heterocycles. The van der Waals surface area contributed by atoms with Gasteiger partial charge in [0.2, 0.25) is 0 Å². The number of benzene rings is 1. The minimum Gasteiger partial charge on any atom is -0.347 e. The van der Waals surface area contributed by atoms with Crippen LogP contribution in [0.5, 0.6) is 0 Å². The van der Waals surface area contributed by atoms with E-state index in [1.807, 2.05) is 12.5 Å². The van der Waals surface area contributed by atoms with Crippen molar-refractivity contribution in [3.63, 3.8) is 0 Å². The van der Waals surface area contributed by atoms with Gasteiger partial charge in [-0.3, -0.25) is 4.79 Å². The molecular formula is C15H15BrClN3O. The van der Waals surface area contributed by atoms with E-state index in [1.165, 1.54) is 0 Å². The quantitative estimate of drug-likeness (QED) is 0.895. The third kappa shape index (κ3) is 3.14. The van der Waals surface area contributed by atoms with Crippen LogP contribution in [0.15, 0.2) is 41.4 Å². The van der Waals surface area contributed by atoms with Crippen molar-refractivity contribution in [3.05, 3.63) is 52.0 Å². The van der Waals surface area contributed by atoms with E-state index in [-0.39, 0.29) is 18.0 Å². The van der Waals surface area contributed by atoms with Crippen LogP contribution >= 0.6 is 27.5 Å². The van der Waals surface area contributed by atoms with E-state index < -0.39 is 0 Å². The van der Waals surface area contributed by atoms with Gasteiger partial charge in [-0.2, -0.15) is 0 Å². The number of carbonyl (C=O) groups excluding carboxylic acids is 1. The summed E-state index contributed by atoms with van der Waals surface area (Å²) in [6.45, 7) is 0. The summed E-state index contributed by atoms with van der Waals surface area (Å²) in [6.07, 6.45) is 8.69. The average molecular weight is 369 g/mol. The number of nitrogens with zero attached hydrogens (tertiary/aromatic N) is 2. The molecule has 1 aromatic carbocycles. The summed E-state index contributed by atoms with van der Waals surface area (Å²) in [4.78, 5) is 16.5. The van der Waals surface area contributed by atoms with E-state index in [1.54, 1.807) is 24.4 Å². The predicted molar refractivity (Wildman–Crippen MR) is 85.5 cm³/mol. The number of rotatable bonds is 3. The minimum atomic E-state index is -0.0736. The molecule has 1 aromatic heterocycles. The molecule has 1 aliphatic rings. The lowest BCUT2D eigenvalue weighted by molar-refractivity contribution is 0.0928. The summed E-state index contributed by atoms with van der Waals surface area (Å²) >= 11 is 9.30. The first-order valence-corrected chi connectivity index (χ1v) is 8.05. The van der Waals surface area contributed by atoms with E-state index >= 15 is 0 Å². The Kier molecular flexibility index (Phi) is 4.31. The van der Waals surface area contributed by atoms with Gasteiger partial charge in [-0.15, -0.1) is 0 Å². The van der Waals surface area contributed by atoms with Crippen LogP contribution < -0.4 is 5.32 Å². The zero-order valence-electron chi connectivity index (χ0n) is 11.3. The molecule has 1 saturated carbocycles. The molecule has 3 rings (SSSR count). The minimum absolute atomic E-state index is 0.0736. The van der Waals surface area contributed by atoms with Crippen molar-refractivity contribution in [1.29, 1.82) is 0 Å². The lowest BCUT2D eigenvalue weighted by Gasteiger charge is -2.22. The van der Waals surface area contributed by atoms with Gasteiger partial charge in [0, 0.05) is 27.9 Å². The van der Waals surface area contributed by atoms with Gasteiger partial charge in [-0.05, 0) is 53.4 Å². The summed E-state index contributed by atoms with van der Waals surface area (Å²) in [5.41, 5.74) is 0.607. The first-order valence-electron chi connectivity index (χ1n) is 6.88. The molecule has 1 fully saturated rings. The van der Waals surface area contributed by atoms with Gasteiger partial charge < -0.3 is 9.88 Å². The molecule has 6 heteroatoms. The van der Waals surface area contributed by atoms with Crippen molar-refractivity contribution < 1.29 is 4.79 Å². The summed E-state index contributed by atoms with van der Waals surface area (Å²) in [7, 11) is 0. The molecule has 2 atom stereocenters. The topological polar surface area (TPSA) is 46.9 Å². The molecule has 0 bridgehead atoms. The highest BCUT2D eigenvalue weighted by molar-refractivity contribution is 9.10. The van der Waals surface area contributed by atoms with Crippen molar-refractivity contribution in [3.8, 4) is 0 Å². The third-order valence-electron chi connectivity index (χ3n) is 3.88. The molecule has 1 N–H and O–H groups in total. The first kappa shape index (κ1) is 14.6. The maximum atomic E-state index is 12.4. The molecule has 1 aliphatic carbocycles. The Labute approximate surface area is 136 Å². The number of amides is 1. The average Bonchev–Trinajstić information content (AvgIpc) is 3.08. The number of nitrogens with one attached hydrogen (secondary N) is 1. The molecule has 0 radical (unpaired) electrons. The number of hydrogen-bond acceptors (Lipinski definition) is 2. The number of imidazole rings is 1. The fourth-order valence-electron chi connectivity index (χ4n) is 2.85. The SMILES string of the molecule is O=C(NC1CCCC1n1ccnc1)c1ccc(Cl)cc1Br. The van der Waals surface area contributed by atoms with Crippen LogP contribution in [0.1, 0.15) is 35.7 Å². The molecule has 0 saturated heterocycles. The number of aromatic nitrogens is 2.